The number of hydrogen-bond donors (Lipinski definition) is 3. The molecule has 0 atom stereocenters. The van der Waals surface area contributed by atoms with Gasteiger partial charge in [-0.05, 0) is 12.1 Å². The lowest BCUT2D eigenvalue weighted by Crippen LogP contribution is -2.31. The van der Waals surface area contributed by atoms with E-state index in [-0.39, 0.29) is 23.7 Å². The zero-order valence-corrected chi connectivity index (χ0v) is 9.20. The van der Waals surface area contributed by atoms with Crippen molar-refractivity contribution in [2.24, 2.45) is 5.14 Å². The van der Waals surface area contributed by atoms with E-state index in [1.54, 1.807) is 6.07 Å². The van der Waals surface area contributed by atoms with Crippen LogP contribution in [0.5, 0.6) is 0 Å². The molecule has 16 heavy (non-hydrogen) atoms. The molecule has 1 heterocycles. The van der Waals surface area contributed by atoms with Crippen molar-refractivity contribution in [2.45, 2.75) is 0 Å². The minimum atomic E-state index is -3.57. The van der Waals surface area contributed by atoms with E-state index in [0.717, 1.165) is 0 Å². The normalized spacial score (nSPS) is 11.1. The van der Waals surface area contributed by atoms with Crippen LogP contribution in [0, 0.1) is 0 Å². The van der Waals surface area contributed by atoms with Crippen molar-refractivity contribution < 1.29 is 13.2 Å². The predicted molar refractivity (Wildman–Crippen MR) is 59.0 cm³/mol. The van der Waals surface area contributed by atoms with Gasteiger partial charge in [-0.15, -0.1) is 0 Å². The number of nitrogen functional groups attached to an aromatic ring is 1. The molecular formula is C8H12N4O3S. The Hall–Kier alpha value is -1.67. The summed E-state index contributed by atoms with van der Waals surface area (Å²) < 4.78 is 21.2. The van der Waals surface area contributed by atoms with Gasteiger partial charge in [0.1, 0.15) is 5.82 Å². The lowest BCUT2D eigenvalue weighted by molar-refractivity contribution is 0.0957. The molecule has 0 saturated carbocycles. The van der Waals surface area contributed by atoms with Crippen LogP contribution >= 0.6 is 0 Å². The van der Waals surface area contributed by atoms with Gasteiger partial charge in [-0.1, -0.05) is 0 Å². The van der Waals surface area contributed by atoms with Crippen LogP contribution in [0.3, 0.4) is 0 Å². The lowest BCUT2D eigenvalue weighted by Gasteiger charge is -2.05. The maximum atomic E-state index is 11.5. The number of hydrogen-bond acceptors (Lipinski definition) is 5. The molecule has 0 aliphatic heterocycles. The molecule has 0 bridgehead atoms. The van der Waals surface area contributed by atoms with Gasteiger partial charge in [0, 0.05) is 12.7 Å². The SMILES string of the molecule is Nc1ncccc1C(=O)NCCS(N)(=O)=O. The van der Waals surface area contributed by atoms with Crippen molar-refractivity contribution in [3.8, 4) is 0 Å². The van der Waals surface area contributed by atoms with Crippen molar-refractivity contribution >= 4 is 21.7 Å². The molecule has 0 fully saturated rings. The Labute approximate surface area is 92.9 Å². The van der Waals surface area contributed by atoms with Gasteiger partial charge in [-0.3, -0.25) is 4.79 Å². The van der Waals surface area contributed by atoms with E-state index in [2.05, 4.69) is 10.3 Å². The van der Waals surface area contributed by atoms with E-state index in [4.69, 9.17) is 10.9 Å². The Morgan fingerprint density at radius 2 is 2.19 bits per heavy atom. The molecule has 0 aliphatic carbocycles. The van der Waals surface area contributed by atoms with E-state index in [1.165, 1.54) is 12.3 Å². The summed E-state index contributed by atoms with van der Waals surface area (Å²) in [6.45, 7) is -0.0635. The zero-order valence-electron chi connectivity index (χ0n) is 8.38. The van der Waals surface area contributed by atoms with E-state index in [0.29, 0.717) is 0 Å². The number of anilines is 1. The molecule has 88 valence electrons. The minimum Gasteiger partial charge on any atom is -0.383 e. The number of amides is 1. The first-order chi connectivity index (χ1) is 7.40. The zero-order chi connectivity index (χ0) is 12.2. The fraction of sp³-hybridized carbons (Fsp3) is 0.250. The number of aromatic nitrogens is 1. The third kappa shape index (κ3) is 3.83. The van der Waals surface area contributed by atoms with Crippen molar-refractivity contribution in [3.05, 3.63) is 23.9 Å². The highest BCUT2D eigenvalue weighted by molar-refractivity contribution is 7.89. The highest BCUT2D eigenvalue weighted by Gasteiger charge is 2.10. The highest BCUT2D eigenvalue weighted by Crippen LogP contribution is 2.05. The van der Waals surface area contributed by atoms with E-state index in [1.807, 2.05) is 0 Å². The number of nitrogens with one attached hydrogen (secondary N) is 1. The Kier molecular flexibility index (Phi) is 3.80. The molecular weight excluding hydrogens is 232 g/mol. The van der Waals surface area contributed by atoms with Crippen LogP contribution in [0.2, 0.25) is 0 Å². The smallest absolute Gasteiger partial charge is 0.255 e. The average molecular weight is 244 g/mol. The number of sulfonamides is 1. The molecule has 0 unspecified atom stereocenters. The molecule has 7 nitrogen and oxygen atoms in total. The third-order valence-electron chi connectivity index (χ3n) is 1.76. The molecule has 1 aromatic heterocycles. The summed E-state index contributed by atoms with van der Waals surface area (Å²) in [5.41, 5.74) is 5.67. The van der Waals surface area contributed by atoms with Crippen LogP contribution < -0.4 is 16.2 Å². The summed E-state index contributed by atoms with van der Waals surface area (Å²) in [7, 11) is -3.57. The van der Waals surface area contributed by atoms with E-state index < -0.39 is 15.9 Å². The lowest BCUT2D eigenvalue weighted by atomic mass is 10.2. The quantitative estimate of drug-likeness (QED) is 0.605. The van der Waals surface area contributed by atoms with Gasteiger partial charge in [0.25, 0.3) is 5.91 Å². The molecule has 1 amide bonds. The first kappa shape index (κ1) is 12.4. The summed E-state index contributed by atoms with van der Waals surface area (Å²) >= 11 is 0. The molecule has 0 aromatic carbocycles. The van der Waals surface area contributed by atoms with E-state index in [9.17, 15) is 13.2 Å². The Bertz CT molecular complexity index is 486. The number of pyridine rings is 1. The highest BCUT2D eigenvalue weighted by atomic mass is 32.2. The summed E-state index contributed by atoms with van der Waals surface area (Å²) in [4.78, 5) is 15.2. The molecule has 0 spiro atoms. The predicted octanol–water partition coefficient (Wildman–Crippen LogP) is -1.32. The standard InChI is InChI=1S/C8H12N4O3S/c9-7-6(2-1-3-11-7)8(13)12-4-5-16(10,14)15/h1-3H,4-5H2,(H2,9,11)(H,12,13)(H2,10,14,15). The van der Waals surface area contributed by atoms with Crippen LogP contribution in [0.15, 0.2) is 18.3 Å². The second-order valence-corrected chi connectivity index (χ2v) is 4.79. The van der Waals surface area contributed by atoms with Crippen molar-refractivity contribution in [3.63, 3.8) is 0 Å². The van der Waals surface area contributed by atoms with Crippen molar-refractivity contribution in [1.29, 1.82) is 0 Å². The van der Waals surface area contributed by atoms with Crippen LogP contribution in [-0.2, 0) is 10.0 Å². The number of nitrogens with zero attached hydrogens (tertiary/aromatic N) is 1. The van der Waals surface area contributed by atoms with Gasteiger partial charge in [-0.2, -0.15) is 0 Å². The maximum Gasteiger partial charge on any atom is 0.255 e. The molecule has 5 N–H and O–H groups in total. The van der Waals surface area contributed by atoms with Gasteiger partial charge < -0.3 is 11.1 Å². The Morgan fingerprint density at radius 1 is 1.50 bits per heavy atom. The van der Waals surface area contributed by atoms with Gasteiger partial charge in [0.2, 0.25) is 10.0 Å². The Morgan fingerprint density at radius 3 is 2.75 bits per heavy atom. The first-order valence-electron chi connectivity index (χ1n) is 4.39. The van der Waals surface area contributed by atoms with Crippen LogP contribution in [-0.4, -0.2) is 31.6 Å². The fourth-order valence-electron chi connectivity index (χ4n) is 1.01. The molecule has 1 rings (SSSR count). The third-order valence-corrected chi connectivity index (χ3v) is 2.53. The van der Waals surface area contributed by atoms with Crippen LogP contribution in [0.25, 0.3) is 0 Å². The number of primary sulfonamides is 1. The maximum absolute atomic E-state index is 11.5. The summed E-state index contributed by atoms with van der Waals surface area (Å²) in [6, 6.07) is 3.06. The van der Waals surface area contributed by atoms with Crippen LogP contribution in [0.1, 0.15) is 10.4 Å². The topological polar surface area (TPSA) is 128 Å². The summed E-state index contributed by atoms with van der Waals surface area (Å²) in [5.74, 6) is -0.705. The number of nitrogens with two attached hydrogens (primary N) is 2. The average Bonchev–Trinajstić information content (AvgIpc) is 2.16. The molecule has 1 aromatic rings. The first-order valence-corrected chi connectivity index (χ1v) is 6.11. The van der Waals surface area contributed by atoms with Gasteiger partial charge in [0.15, 0.2) is 0 Å². The number of carbonyl (C=O) groups is 1. The largest absolute Gasteiger partial charge is 0.383 e. The van der Waals surface area contributed by atoms with Crippen molar-refractivity contribution in [2.75, 3.05) is 18.0 Å². The minimum absolute atomic E-state index is 0.0635. The molecule has 8 heteroatoms. The van der Waals surface area contributed by atoms with E-state index >= 15 is 0 Å². The second-order valence-electron chi connectivity index (χ2n) is 3.06. The fourth-order valence-corrected chi connectivity index (χ4v) is 1.40. The second kappa shape index (κ2) is 4.90. The summed E-state index contributed by atoms with van der Waals surface area (Å²) in [5, 5.41) is 7.15. The van der Waals surface area contributed by atoms with Gasteiger partial charge in [0.05, 0.1) is 11.3 Å². The Balaban J connectivity index is 2.57. The monoisotopic (exact) mass is 244 g/mol. The van der Waals surface area contributed by atoms with Crippen molar-refractivity contribution in [1.82, 2.24) is 10.3 Å². The summed E-state index contributed by atoms with van der Waals surface area (Å²) in [6.07, 6.45) is 1.45. The molecule has 0 radical (unpaired) electrons. The van der Waals surface area contributed by atoms with Gasteiger partial charge in [-0.25, -0.2) is 18.5 Å². The van der Waals surface area contributed by atoms with Gasteiger partial charge >= 0.3 is 0 Å². The molecule has 0 aliphatic rings. The number of rotatable bonds is 4. The number of carbonyl (C=O) groups excluding carboxylic acids is 1. The molecule has 0 saturated heterocycles. The van der Waals surface area contributed by atoms with Crippen LogP contribution in [0.4, 0.5) is 5.82 Å².